The molecule has 0 aromatic heterocycles. The second kappa shape index (κ2) is 12.5. The van der Waals surface area contributed by atoms with Gasteiger partial charge in [0, 0.05) is 37.8 Å². The zero-order valence-corrected chi connectivity index (χ0v) is 20.5. The van der Waals surface area contributed by atoms with Crippen LogP contribution in [0.5, 0.6) is 0 Å². The smallest absolute Gasteiger partial charge is 0.255 e. The van der Waals surface area contributed by atoms with E-state index in [-0.39, 0.29) is 18.2 Å². The van der Waals surface area contributed by atoms with Crippen LogP contribution in [0.25, 0.3) is 0 Å². The Bertz CT molecular complexity index is 1050. The summed E-state index contributed by atoms with van der Waals surface area (Å²) in [6.07, 6.45) is 1.21. The minimum Gasteiger partial charge on any atom is -0.388 e. The molecule has 8 nitrogen and oxygen atoms in total. The van der Waals surface area contributed by atoms with Crippen molar-refractivity contribution in [1.82, 2.24) is 15.5 Å². The van der Waals surface area contributed by atoms with Crippen LogP contribution in [0.1, 0.15) is 59.3 Å². The Morgan fingerprint density at radius 2 is 1.79 bits per heavy atom. The van der Waals surface area contributed by atoms with Crippen LogP contribution in [0.15, 0.2) is 36.4 Å². The van der Waals surface area contributed by atoms with Gasteiger partial charge in [-0.15, -0.1) is 0 Å². The summed E-state index contributed by atoms with van der Waals surface area (Å²) in [5, 5.41) is 7.94. The van der Waals surface area contributed by atoms with Crippen LogP contribution in [-0.4, -0.2) is 42.1 Å². The van der Waals surface area contributed by atoms with Gasteiger partial charge in [-0.05, 0) is 60.7 Å². The Labute approximate surface area is 201 Å². The Hall–Kier alpha value is -3.68. The highest BCUT2D eigenvalue weighted by Crippen LogP contribution is 2.28. The van der Waals surface area contributed by atoms with Crippen LogP contribution in [-0.2, 0) is 27.5 Å². The Morgan fingerprint density at radius 1 is 1.06 bits per heavy atom. The normalized spacial score (nSPS) is 16.3. The SMILES string of the molecule is CC.CNc1ccc(C)c(C)c1.O=CNCc1ccc2c(c1)CN(C1CCC(=O)NC1=O)C2=O. The van der Waals surface area contributed by atoms with Gasteiger partial charge in [-0.3, -0.25) is 24.5 Å². The number of nitrogens with zero attached hydrogens (tertiary/aromatic N) is 1. The first-order chi connectivity index (χ1) is 16.3. The molecule has 1 atom stereocenters. The Kier molecular flexibility index (Phi) is 9.79. The summed E-state index contributed by atoms with van der Waals surface area (Å²) in [4.78, 5) is 47.4. The molecule has 8 heteroatoms. The van der Waals surface area contributed by atoms with Crippen molar-refractivity contribution < 1.29 is 19.2 Å². The van der Waals surface area contributed by atoms with E-state index in [0.29, 0.717) is 31.5 Å². The molecule has 0 bridgehead atoms. The fraction of sp³-hybridized carbons (Fsp3) is 0.385. The summed E-state index contributed by atoms with van der Waals surface area (Å²) in [7, 11) is 1.93. The van der Waals surface area contributed by atoms with Crippen molar-refractivity contribution in [3.05, 3.63) is 64.2 Å². The zero-order valence-electron chi connectivity index (χ0n) is 20.5. The van der Waals surface area contributed by atoms with E-state index in [2.05, 4.69) is 48.0 Å². The lowest BCUT2D eigenvalue weighted by molar-refractivity contribution is -0.136. The highest BCUT2D eigenvalue weighted by atomic mass is 16.2. The lowest BCUT2D eigenvalue weighted by Gasteiger charge is -2.29. The molecule has 2 aliphatic heterocycles. The maximum Gasteiger partial charge on any atom is 0.255 e. The molecule has 2 aliphatic rings. The highest BCUT2D eigenvalue weighted by molar-refractivity contribution is 6.05. The molecule has 2 aromatic carbocycles. The number of carbonyl (C=O) groups is 4. The Balaban J connectivity index is 0.000000286. The van der Waals surface area contributed by atoms with Gasteiger partial charge in [0.05, 0.1) is 0 Å². The van der Waals surface area contributed by atoms with E-state index in [1.807, 2.05) is 27.0 Å². The molecule has 0 radical (unpaired) electrons. The predicted octanol–water partition coefficient (Wildman–Crippen LogP) is 3.06. The number of anilines is 1. The van der Waals surface area contributed by atoms with Crippen LogP contribution in [0, 0.1) is 13.8 Å². The third-order valence-corrected chi connectivity index (χ3v) is 5.77. The van der Waals surface area contributed by atoms with Gasteiger partial charge < -0.3 is 15.5 Å². The molecular formula is C26H34N4O4. The average molecular weight is 467 g/mol. The molecule has 2 heterocycles. The van der Waals surface area contributed by atoms with E-state index in [4.69, 9.17) is 0 Å². The first-order valence-electron chi connectivity index (χ1n) is 11.5. The van der Waals surface area contributed by atoms with Gasteiger partial charge in [0.1, 0.15) is 6.04 Å². The third-order valence-electron chi connectivity index (χ3n) is 5.77. The summed E-state index contributed by atoms with van der Waals surface area (Å²) < 4.78 is 0. The first-order valence-corrected chi connectivity index (χ1v) is 11.5. The summed E-state index contributed by atoms with van der Waals surface area (Å²) in [6, 6.07) is 11.1. The predicted molar refractivity (Wildman–Crippen MR) is 132 cm³/mol. The first kappa shape index (κ1) is 26.6. The third kappa shape index (κ3) is 6.43. The van der Waals surface area contributed by atoms with E-state index >= 15 is 0 Å². The number of nitrogens with one attached hydrogen (secondary N) is 3. The standard InChI is InChI=1S/C15H15N3O4.C9H13N.C2H6/c19-8-16-6-9-1-2-11-10(5-9)7-18(15(11)22)12-3-4-13(20)17-14(12)21;1-7-4-5-9(10-3)6-8(7)2;1-2/h1-2,5,8,12H,3-4,6-7H2,(H,16,19)(H,17,20,21);4-6,10H,1-3H3;1-2H3. The summed E-state index contributed by atoms with van der Waals surface area (Å²) in [5.41, 5.74) is 6.16. The summed E-state index contributed by atoms with van der Waals surface area (Å²) in [6.45, 7) is 8.98. The molecule has 4 amide bonds. The van der Waals surface area contributed by atoms with Crippen LogP contribution < -0.4 is 16.0 Å². The van der Waals surface area contributed by atoms with Crippen molar-refractivity contribution in [2.75, 3.05) is 12.4 Å². The second-order valence-electron chi connectivity index (χ2n) is 7.94. The molecule has 0 spiro atoms. The van der Waals surface area contributed by atoms with Crippen molar-refractivity contribution in [3.63, 3.8) is 0 Å². The molecule has 2 aromatic rings. The number of carbonyl (C=O) groups excluding carboxylic acids is 4. The highest BCUT2D eigenvalue weighted by Gasteiger charge is 2.38. The number of benzene rings is 2. The largest absolute Gasteiger partial charge is 0.388 e. The van der Waals surface area contributed by atoms with Crippen LogP contribution in [0.2, 0.25) is 0 Å². The molecule has 34 heavy (non-hydrogen) atoms. The molecule has 4 rings (SSSR count). The van der Waals surface area contributed by atoms with Crippen molar-refractivity contribution in [2.24, 2.45) is 0 Å². The van der Waals surface area contributed by atoms with Gasteiger partial charge >= 0.3 is 0 Å². The number of aryl methyl sites for hydroxylation is 2. The molecule has 1 fully saturated rings. The van der Waals surface area contributed by atoms with Gasteiger partial charge in [0.15, 0.2) is 0 Å². The maximum absolute atomic E-state index is 12.4. The fourth-order valence-electron chi connectivity index (χ4n) is 3.79. The van der Waals surface area contributed by atoms with Crippen LogP contribution in [0.3, 0.4) is 0 Å². The van der Waals surface area contributed by atoms with Crippen molar-refractivity contribution in [3.8, 4) is 0 Å². The number of piperidine rings is 1. The van der Waals surface area contributed by atoms with Crippen molar-refractivity contribution in [1.29, 1.82) is 0 Å². The van der Waals surface area contributed by atoms with Gasteiger partial charge in [-0.25, -0.2) is 0 Å². The van der Waals surface area contributed by atoms with Gasteiger partial charge in [0.25, 0.3) is 5.91 Å². The molecule has 1 saturated heterocycles. The second-order valence-corrected chi connectivity index (χ2v) is 7.94. The molecule has 0 saturated carbocycles. The zero-order chi connectivity index (χ0) is 25.3. The van der Waals surface area contributed by atoms with Crippen LogP contribution >= 0.6 is 0 Å². The molecule has 1 unspecified atom stereocenters. The lowest BCUT2D eigenvalue weighted by atomic mass is 10.0. The average Bonchev–Trinajstić information content (AvgIpc) is 3.16. The monoisotopic (exact) mass is 466 g/mol. The summed E-state index contributed by atoms with van der Waals surface area (Å²) >= 11 is 0. The van der Waals surface area contributed by atoms with Crippen molar-refractivity contribution >= 4 is 29.8 Å². The number of imide groups is 1. The number of rotatable bonds is 5. The molecular weight excluding hydrogens is 432 g/mol. The topological polar surface area (TPSA) is 108 Å². The molecule has 3 N–H and O–H groups in total. The maximum atomic E-state index is 12.4. The van der Waals surface area contributed by atoms with Crippen molar-refractivity contribution in [2.45, 2.75) is 59.7 Å². The minimum absolute atomic E-state index is 0.195. The van der Waals surface area contributed by atoms with Gasteiger partial charge in [0.2, 0.25) is 18.2 Å². The number of hydrogen-bond acceptors (Lipinski definition) is 5. The van der Waals surface area contributed by atoms with Crippen LogP contribution in [0.4, 0.5) is 5.69 Å². The number of amides is 4. The van der Waals surface area contributed by atoms with Gasteiger partial charge in [-0.1, -0.05) is 32.0 Å². The molecule has 182 valence electrons. The number of fused-ring (bicyclic) bond motifs is 1. The van der Waals surface area contributed by atoms with E-state index in [9.17, 15) is 19.2 Å². The summed E-state index contributed by atoms with van der Waals surface area (Å²) in [5.74, 6) is -0.910. The van der Waals surface area contributed by atoms with Gasteiger partial charge in [-0.2, -0.15) is 0 Å². The van der Waals surface area contributed by atoms with E-state index < -0.39 is 11.9 Å². The van der Waals surface area contributed by atoms with E-state index in [0.717, 1.165) is 11.1 Å². The number of hydrogen-bond donors (Lipinski definition) is 3. The van der Waals surface area contributed by atoms with E-state index in [1.165, 1.54) is 21.7 Å². The fourth-order valence-corrected chi connectivity index (χ4v) is 3.79. The quantitative estimate of drug-likeness (QED) is 0.464. The Morgan fingerprint density at radius 3 is 2.41 bits per heavy atom. The minimum atomic E-state index is -0.603. The van der Waals surface area contributed by atoms with E-state index in [1.54, 1.807) is 12.1 Å². The lowest BCUT2D eigenvalue weighted by Crippen LogP contribution is -2.52. The molecule has 0 aliphatic carbocycles.